The Morgan fingerprint density at radius 2 is 0.889 bits per heavy atom. The third kappa shape index (κ3) is 0.858. The summed E-state index contributed by atoms with van der Waals surface area (Å²) < 4.78 is 0. The smallest absolute Gasteiger partial charge is 0.00327 e. The summed E-state index contributed by atoms with van der Waals surface area (Å²) in [6.07, 6.45) is 12.5. The molecule has 4 aliphatic carbocycles. The van der Waals surface area contributed by atoms with Gasteiger partial charge in [0.25, 0.3) is 0 Å². The molecule has 0 spiro atoms. The van der Waals surface area contributed by atoms with Crippen LogP contribution in [-0.2, 0) is 0 Å². The van der Waals surface area contributed by atoms with Crippen LogP contribution in [0.25, 0.3) is 0 Å². The maximum Gasteiger partial charge on any atom is 0.00327 e. The van der Waals surface area contributed by atoms with E-state index in [-0.39, 0.29) is 0 Å². The van der Waals surface area contributed by atoms with E-state index in [1.54, 1.807) is 33.4 Å². The van der Waals surface area contributed by atoms with E-state index in [2.05, 4.69) is 38.2 Å². The highest BCUT2D eigenvalue weighted by atomic mass is 14.5. The summed E-state index contributed by atoms with van der Waals surface area (Å²) in [5, 5.41) is 0. The van der Waals surface area contributed by atoms with Crippen molar-refractivity contribution in [2.75, 3.05) is 0 Å². The Bertz CT molecular complexity index is 538. The first-order valence-electron chi connectivity index (χ1n) is 7.29. The molecule has 4 atom stereocenters. The fourth-order valence-corrected chi connectivity index (χ4v) is 5.26. The van der Waals surface area contributed by atoms with Gasteiger partial charge in [-0.1, -0.05) is 24.3 Å². The topological polar surface area (TPSA) is 0 Å². The third-order valence-corrected chi connectivity index (χ3v) is 5.85. The van der Waals surface area contributed by atoms with E-state index in [0.717, 1.165) is 23.7 Å². The van der Waals surface area contributed by atoms with Crippen molar-refractivity contribution in [1.29, 1.82) is 0 Å². The molecule has 4 aliphatic rings. The second-order valence-corrected chi connectivity index (χ2v) is 6.57. The van der Waals surface area contributed by atoms with Crippen LogP contribution in [0.5, 0.6) is 0 Å². The molecule has 0 aliphatic heterocycles. The highest BCUT2D eigenvalue weighted by Gasteiger charge is 2.42. The predicted molar refractivity (Wildman–Crippen MR) is 74.4 cm³/mol. The van der Waals surface area contributed by atoms with E-state index in [0.29, 0.717) is 0 Å². The van der Waals surface area contributed by atoms with Gasteiger partial charge in [0.15, 0.2) is 0 Å². The third-order valence-electron chi connectivity index (χ3n) is 5.85. The standard InChI is InChI=1S/C18H18/c1-9-15-11-3-5-13(7-11)17(15)10(2)18-14-6-4-12(8-14)16(9)18/h3-6,11-14H,7-8H2,1-2H3/t11-,12-,13+,14+. The number of rotatable bonds is 0. The quantitative estimate of drug-likeness (QED) is 0.576. The SMILES string of the molecule is Cc1c2c(c(C)c3c1[C@@H]1C=C[C@H]3C1)[C@H]1C=C[C@@H]2C1. The maximum atomic E-state index is 2.45. The van der Waals surface area contributed by atoms with Gasteiger partial charge in [-0.25, -0.2) is 0 Å². The lowest BCUT2D eigenvalue weighted by Gasteiger charge is -2.25. The zero-order valence-electron chi connectivity index (χ0n) is 11.0. The van der Waals surface area contributed by atoms with Gasteiger partial charge in [-0.15, -0.1) is 0 Å². The van der Waals surface area contributed by atoms with Crippen molar-refractivity contribution in [3.8, 4) is 0 Å². The Morgan fingerprint density at radius 1 is 0.611 bits per heavy atom. The Labute approximate surface area is 108 Å². The summed E-state index contributed by atoms with van der Waals surface area (Å²) in [5.41, 5.74) is 10.1. The second kappa shape index (κ2) is 2.82. The molecule has 0 radical (unpaired) electrons. The first-order valence-corrected chi connectivity index (χ1v) is 7.29. The number of allylic oxidation sites excluding steroid dienone is 4. The molecule has 0 saturated carbocycles. The zero-order chi connectivity index (χ0) is 12.0. The lowest BCUT2D eigenvalue weighted by atomic mass is 9.80. The number of benzene rings is 1. The van der Waals surface area contributed by atoms with Crippen molar-refractivity contribution in [3.05, 3.63) is 57.7 Å². The van der Waals surface area contributed by atoms with Crippen molar-refractivity contribution < 1.29 is 0 Å². The fraction of sp³-hybridized carbons (Fsp3) is 0.444. The Balaban J connectivity index is 1.90. The molecule has 0 amide bonds. The van der Waals surface area contributed by atoms with Crippen LogP contribution in [0, 0.1) is 13.8 Å². The fourth-order valence-electron chi connectivity index (χ4n) is 5.26. The van der Waals surface area contributed by atoms with Crippen LogP contribution < -0.4 is 0 Å². The molecule has 0 fully saturated rings. The molecule has 4 bridgehead atoms. The molecule has 1 aromatic rings. The molecule has 5 rings (SSSR count). The van der Waals surface area contributed by atoms with Gasteiger partial charge < -0.3 is 0 Å². The summed E-state index contributed by atoms with van der Waals surface area (Å²) in [4.78, 5) is 0. The van der Waals surface area contributed by atoms with E-state index < -0.39 is 0 Å². The van der Waals surface area contributed by atoms with Gasteiger partial charge in [-0.2, -0.15) is 0 Å². The van der Waals surface area contributed by atoms with Gasteiger partial charge in [0.2, 0.25) is 0 Å². The van der Waals surface area contributed by atoms with Crippen molar-refractivity contribution in [3.63, 3.8) is 0 Å². The molecular formula is C18H18. The number of hydrogen-bond donors (Lipinski definition) is 0. The van der Waals surface area contributed by atoms with Gasteiger partial charge in [0.1, 0.15) is 0 Å². The molecule has 0 aromatic heterocycles. The van der Waals surface area contributed by atoms with Gasteiger partial charge in [0.05, 0.1) is 0 Å². The average molecular weight is 234 g/mol. The maximum absolute atomic E-state index is 2.45. The van der Waals surface area contributed by atoms with Crippen LogP contribution in [0.3, 0.4) is 0 Å². The highest BCUT2D eigenvalue weighted by Crippen LogP contribution is 2.58. The molecule has 0 N–H and O–H groups in total. The number of fused-ring (bicyclic) bond motifs is 10. The average Bonchev–Trinajstić information content (AvgIpc) is 3.10. The highest BCUT2D eigenvalue weighted by molar-refractivity contribution is 5.65. The van der Waals surface area contributed by atoms with Crippen molar-refractivity contribution in [1.82, 2.24) is 0 Å². The summed E-state index contributed by atoms with van der Waals surface area (Å²) >= 11 is 0. The molecule has 0 heteroatoms. The molecular weight excluding hydrogens is 216 g/mol. The van der Waals surface area contributed by atoms with Crippen LogP contribution in [-0.4, -0.2) is 0 Å². The van der Waals surface area contributed by atoms with E-state index in [9.17, 15) is 0 Å². The van der Waals surface area contributed by atoms with Gasteiger partial charge >= 0.3 is 0 Å². The van der Waals surface area contributed by atoms with Gasteiger partial charge in [-0.3, -0.25) is 0 Å². The summed E-state index contributed by atoms with van der Waals surface area (Å²) in [7, 11) is 0. The van der Waals surface area contributed by atoms with Crippen LogP contribution in [0.2, 0.25) is 0 Å². The largest absolute Gasteiger partial charge is 0.0803 e. The minimum absolute atomic E-state index is 0.733. The molecule has 18 heavy (non-hydrogen) atoms. The first-order chi connectivity index (χ1) is 8.75. The van der Waals surface area contributed by atoms with Crippen LogP contribution >= 0.6 is 0 Å². The van der Waals surface area contributed by atoms with Crippen LogP contribution in [0.15, 0.2) is 24.3 Å². The van der Waals surface area contributed by atoms with E-state index in [1.165, 1.54) is 12.8 Å². The summed E-state index contributed by atoms with van der Waals surface area (Å²) in [6.45, 7) is 4.78. The van der Waals surface area contributed by atoms with Crippen LogP contribution in [0.1, 0.15) is 69.9 Å². The van der Waals surface area contributed by atoms with Crippen molar-refractivity contribution in [2.45, 2.75) is 50.4 Å². The predicted octanol–water partition coefficient (Wildman–Crippen LogP) is 4.58. The normalized spacial score (nSPS) is 36.6. The minimum atomic E-state index is 0.733. The monoisotopic (exact) mass is 234 g/mol. The molecule has 0 saturated heterocycles. The van der Waals surface area contributed by atoms with E-state index in [1.807, 2.05) is 0 Å². The summed E-state index contributed by atoms with van der Waals surface area (Å²) in [5.74, 6) is 2.93. The molecule has 0 heterocycles. The van der Waals surface area contributed by atoms with Crippen molar-refractivity contribution >= 4 is 0 Å². The Kier molecular flexibility index (Phi) is 1.50. The Hall–Kier alpha value is -1.30. The Morgan fingerprint density at radius 3 is 1.17 bits per heavy atom. The van der Waals surface area contributed by atoms with E-state index >= 15 is 0 Å². The summed E-state index contributed by atoms with van der Waals surface area (Å²) in [6, 6.07) is 0. The molecule has 90 valence electrons. The van der Waals surface area contributed by atoms with Gasteiger partial charge in [-0.05, 0) is 60.1 Å². The van der Waals surface area contributed by atoms with Crippen LogP contribution in [0.4, 0.5) is 0 Å². The molecule has 0 nitrogen and oxygen atoms in total. The second-order valence-electron chi connectivity index (χ2n) is 6.57. The molecule has 1 aromatic carbocycles. The lowest BCUT2D eigenvalue weighted by Crippen LogP contribution is -2.08. The van der Waals surface area contributed by atoms with Gasteiger partial charge in [0, 0.05) is 23.7 Å². The van der Waals surface area contributed by atoms with E-state index in [4.69, 9.17) is 0 Å². The molecule has 0 unspecified atom stereocenters. The van der Waals surface area contributed by atoms with Crippen molar-refractivity contribution in [2.24, 2.45) is 0 Å². The number of hydrogen-bond acceptors (Lipinski definition) is 0. The first kappa shape index (κ1) is 9.61. The zero-order valence-corrected chi connectivity index (χ0v) is 11.0. The lowest BCUT2D eigenvalue weighted by molar-refractivity contribution is 0.785. The minimum Gasteiger partial charge on any atom is -0.0803 e.